The molecule has 0 atom stereocenters. The van der Waals surface area contributed by atoms with Gasteiger partial charge in [-0.3, -0.25) is 15.1 Å². The van der Waals surface area contributed by atoms with Gasteiger partial charge in [0.25, 0.3) is 5.69 Å². The van der Waals surface area contributed by atoms with Crippen molar-refractivity contribution in [3.05, 3.63) is 77.2 Å². The molecule has 1 aromatic carbocycles. The number of fused-ring (bicyclic) bond motifs is 1. The van der Waals surface area contributed by atoms with Crippen molar-refractivity contribution in [2.45, 2.75) is 0 Å². The van der Waals surface area contributed by atoms with Crippen LogP contribution in [0.3, 0.4) is 0 Å². The summed E-state index contributed by atoms with van der Waals surface area (Å²) in [6.45, 7) is 0. The van der Waals surface area contributed by atoms with E-state index in [1.807, 2.05) is 12.1 Å². The van der Waals surface area contributed by atoms with E-state index in [9.17, 15) is 10.1 Å². The minimum atomic E-state index is -0.439. The van der Waals surface area contributed by atoms with Gasteiger partial charge in [-0.1, -0.05) is 6.07 Å². The number of hydrogen-bond acceptors (Lipinski definition) is 7. The number of pyridine rings is 2. The Kier molecular flexibility index (Phi) is 3.91. The van der Waals surface area contributed by atoms with Crippen LogP contribution in [0.2, 0.25) is 0 Å². The standard InChI is InChI=1S/C18H12N6O2/c25-24(26)14-6-1-5-13(10-14)21-18-15-7-3-9-20-17(15)22-16(23-18)12-4-2-8-19-11-12/h1-11H,(H,20,21,22,23). The van der Waals surface area contributed by atoms with Crippen molar-refractivity contribution in [2.24, 2.45) is 0 Å². The summed E-state index contributed by atoms with van der Waals surface area (Å²) < 4.78 is 0. The van der Waals surface area contributed by atoms with E-state index < -0.39 is 4.92 Å². The number of benzene rings is 1. The molecular weight excluding hydrogens is 332 g/mol. The van der Waals surface area contributed by atoms with Crippen molar-refractivity contribution in [1.29, 1.82) is 0 Å². The van der Waals surface area contributed by atoms with Crippen molar-refractivity contribution in [1.82, 2.24) is 19.9 Å². The van der Waals surface area contributed by atoms with Crippen molar-refractivity contribution < 1.29 is 4.92 Å². The Hall–Kier alpha value is -3.94. The molecule has 0 saturated heterocycles. The first-order chi connectivity index (χ1) is 12.7. The molecule has 126 valence electrons. The van der Waals surface area contributed by atoms with Crippen molar-refractivity contribution in [3.63, 3.8) is 0 Å². The average molecular weight is 344 g/mol. The van der Waals surface area contributed by atoms with Gasteiger partial charge in [0.15, 0.2) is 11.5 Å². The maximum absolute atomic E-state index is 11.0. The van der Waals surface area contributed by atoms with E-state index in [4.69, 9.17) is 0 Å². The summed E-state index contributed by atoms with van der Waals surface area (Å²) in [6.07, 6.45) is 4.99. The topological polar surface area (TPSA) is 107 Å². The highest BCUT2D eigenvalue weighted by molar-refractivity contribution is 5.90. The maximum Gasteiger partial charge on any atom is 0.271 e. The van der Waals surface area contributed by atoms with Crippen LogP contribution in [0.15, 0.2) is 67.1 Å². The molecule has 0 aliphatic heterocycles. The molecule has 0 fully saturated rings. The number of nitrogens with one attached hydrogen (secondary N) is 1. The van der Waals surface area contributed by atoms with Gasteiger partial charge in [0.2, 0.25) is 0 Å². The zero-order valence-electron chi connectivity index (χ0n) is 13.4. The van der Waals surface area contributed by atoms with Crippen LogP contribution < -0.4 is 5.32 Å². The van der Waals surface area contributed by atoms with Gasteiger partial charge in [0, 0.05) is 42.0 Å². The van der Waals surface area contributed by atoms with Crippen LogP contribution in [0, 0.1) is 10.1 Å². The molecule has 0 unspecified atom stereocenters. The Morgan fingerprint density at radius 3 is 2.69 bits per heavy atom. The second-order valence-electron chi connectivity index (χ2n) is 5.44. The van der Waals surface area contributed by atoms with Crippen LogP contribution in [0.4, 0.5) is 17.2 Å². The third-order valence-electron chi connectivity index (χ3n) is 3.71. The Morgan fingerprint density at radius 1 is 1.00 bits per heavy atom. The number of nitrogens with zero attached hydrogens (tertiary/aromatic N) is 5. The molecule has 0 aliphatic rings. The van der Waals surface area contributed by atoms with Gasteiger partial charge < -0.3 is 5.32 Å². The predicted octanol–water partition coefficient (Wildman–Crippen LogP) is 3.74. The molecular formula is C18H12N6O2. The highest BCUT2D eigenvalue weighted by Gasteiger charge is 2.12. The van der Waals surface area contributed by atoms with Gasteiger partial charge in [-0.2, -0.15) is 0 Å². The summed E-state index contributed by atoms with van der Waals surface area (Å²) in [4.78, 5) is 28.0. The lowest BCUT2D eigenvalue weighted by Crippen LogP contribution is -2.01. The van der Waals surface area contributed by atoms with E-state index in [1.54, 1.807) is 42.9 Å². The summed E-state index contributed by atoms with van der Waals surface area (Å²) in [6, 6.07) is 13.5. The van der Waals surface area contributed by atoms with Crippen LogP contribution in [0.25, 0.3) is 22.4 Å². The van der Waals surface area contributed by atoms with Gasteiger partial charge in [0.1, 0.15) is 5.82 Å². The summed E-state index contributed by atoms with van der Waals surface area (Å²) >= 11 is 0. The molecule has 4 aromatic rings. The van der Waals surface area contributed by atoms with E-state index in [-0.39, 0.29) is 5.69 Å². The van der Waals surface area contributed by atoms with Crippen LogP contribution in [0.1, 0.15) is 0 Å². The summed E-state index contributed by atoms with van der Waals surface area (Å²) in [5.74, 6) is 0.986. The number of rotatable bonds is 4. The van der Waals surface area contributed by atoms with Crippen LogP contribution in [-0.2, 0) is 0 Å². The Balaban J connectivity index is 1.83. The first kappa shape index (κ1) is 15.6. The number of nitro benzene ring substituents is 1. The molecule has 26 heavy (non-hydrogen) atoms. The fourth-order valence-electron chi connectivity index (χ4n) is 2.52. The highest BCUT2D eigenvalue weighted by atomic mass is 16.6. The van der Waals surface area contributed by atoms with Gasteiger partial charge in [-0.15, -0.1) is 0 Å². The van der Waals surface area contributed by atoms with Gasteiger partial charge in [-0.05, 0) is 30.3 Å². The first-order valence-electron chi connectivity index (χ1n) is 7.75. The lowest BCUT2D eigenvalue weighted by molar-refractivity contribution is -0.384. The molecule has 1 N–H and O–H groups in total. The molecule has 0 radical (unpaired) electrons. The molecule has 0 bridgehead atoms. The van der Waals surface area contributed by atoms with Crippen molar-refractivity contribution in [2.75, 3.05) is 5.32 Å². The largest absolute Gasteiger partial charge is 0.339 e. The lowest BCUT2D eigenvalue weighted by Gasteiger charge is -2.10. The second kappa shape index (κ2) is 6.52. The smallest absolute Gasteiger partial charge is 0.271 e. The van der Waals surface area contributed by atoms with Crippen LogP contribution >= 0.6 is 0 Å². The van der Waals surface area contributed by atoms with Gasteiger partial charge >= 0.3 is 0 Å². The molecule has 0 saturated carbocycles. The Morgan fingerprint density at radius 2 is 1.88 bits per heavy atom. The van der Waals surface area contributed by atoms with E-state index in [1.165, 1.54) is 12.1 Å². The zero-order valence-corrected chi connectivity index (χ0v) is 13.4. The zero-order chi connectivity index (χ0) is 17.9. The Bertz CT molecular complexity index is 1100. The molecule has 4 rings (SSSR count). The Labute approximate surface area is 147 Å². The summed E-state index contributed by atoms with van der Waals surface area (Å²) in [5, 5.41) is 14.8. The van der Waals surface area contributed by atoms with Crippen molar-refractivity contribution >= 4 is 28.2 Å². The normalized spacial score (nSPS) is 10.6. The maximum atomic E-state index is 11.0. The van der Waals surface area contributed by atoms with Crippen LogP contribution in [0.5, 0.6) is 0 Å². The number of non-ortho nitro benzene ring substituents is 1. The second-order valence-corrected chi connectivity index (χ2v) is 5.44. The van der Waals surface area contributed by atoms with E-state index in [0.29, 0.717) is 28.4 Å². The van der Waals surface area contributed by atoms with Gasteiger partial charge in [0.05, 0.1) is 10.3 Å². The number of nitro groups is 1. The van der Waals surface area contributed by atoms with E-state index in [0.717, 1.165) is 5.56 Å². The monoisotopic (exact) mass is 344 g/mol. The van der Waals surface area contributed by atoms with Crippen molar-refractivity contribution in [3.8, 4) is 11.4 Å². The van der Waals surface area contributed by atoms with Crippen LogP contribution in [-0.4, -0.2) is 24.9 Å². The van der Waals surface area contributed by atoms with E-state index >= 15 is 0 Å². The third kappa shape index (κ3) is 3.03. The average Bonchev–Trinajstić information content (AvgIpc) is 2.69. The number of hydrogen-bond donors (Lipinski definition) is 1. The van der Waals surface area contributed by atoms with E-state index in [2.05, 4.69) is 25.3 Å². The quantitative estimate of drug-likeness (QED) is 0.444. The molecule has 3 heterocycles. The molecule has 0 aliphatic carbocycles. The number of anilines is 2. The molecule has 0 spiro atoms. The molecule has 8 nitrogen and oxygen atoms in total. The third-order valence-corrected chi connectivity index (χ3v) is 3.71. The first-order valence-corrected chi connectivity index (χ1v) is 7.75. The minimum absolute atomic E-state index is 0.000954. The SMILES string of the molecule is O=[N+]([O-])c1cccc(Nc2nc(-c3cccnc3)nc3ncccc23)c1. The molecule has 3 aromatic heterocycles. The fourth-order valence-corrected chi connectivity index (χ4v) is 2.52. The summed E-state index contributed by atoms with van der Waals surface area (Å²) in [5.41, 5.74) is 1.83. The minimum Gasteiger partial charge on any atom is -0.339 e. The van der Waals surface area contributed by atoms with Gasteiger partial charge in [-0.25, -0.2) is 15.0 Å². The summed E-state index contributed by atoms with van der Waals surface area (Å²) in [7, 11) is 0. The molecule has 0 amide bonds. The highest BCUT2D eigenvalue weighted by Crippen LogP contribution is 2.27. The fraction of sp³-hybridized carbons (Fsp3) is 0. The predicted molar refractivity (Wildman–Crippen MR) is 96.9 cm³/mol. The lowest BCUT2D eigenvalue weighted by atomic mass is 10.2. The molecule has 8 heteroatoms. The number of aromatic nitrogens is 4.